The third-order valence-electron chi connectivity index (χ3n) is 7.96. The average Bonchev–Trinajstić information content (AvgIpc) is 3.37. The van der Waals surface area contributed by atoms with Crippen molar-refractivity contribution in [2.45, 2.75) is 39.5 Å². The van der Waals surface area contributed by atoms with Gasteiger partial charge in [0.15, 0.2) is 0 Å². The number of aromatic nitrogens is 1. The zero-order chi connectivity index (χ0) is 26.8. The van der Waals surface area contributed by atoms with E-state index in [1.807, 2.05) is 43.0 Å². The van der Waals surface area contributed by atoms with Crippen LogP contribution in [-0.2, 0) is 9.59 Å². The largest absolute Gasteiger partial charge is 0.358 e. The molecule has 5 rings (SSSR count). The lowest BCUT2D eigenvalue weighted by atomic mass is 10.0. The number of aromatic amines is 1. The van der Waals surface area contributed by atoms with Crippen molar-refractivity contribution in [3.63, 3.8) is 0 Å². The molecule has 38 heavy (non-hydrogen) atoms. The van der Waals surface area contributed by atoms with Gasteiger partial charge in [-0.05, 0) is 76.7 Å². The first-order valence-electron chi connectivity index (χ1n) is 13.7. The number of rotatable bonds is 6. The second kappa shape index (κ2) is 11.1. The summed E-state index contributed by atoms with van der Waals surface area (Å²) in [6.45, 7) is 9.85. The highest BCUT2D eigenvalue weighted by Gasteiger charge is 2.28. The zero-order valence-corrected chi connectivity index (χ0v) is 22.7. The summed E-state index contributed by atoms with van der Waals surface area (Å²) in [5.41, 5.74) is 5.68. The Kier molecular flexibility index (Phi) is 7.67. The van der Waals surface area contributed by atoms with Crippen LogP contribution in [0.4, 0.5) is 11.4 Å². The van der Waals surface area contributed by atoms with Gasteiger partial charge in [0.05, 0.1) is 11.1 Å². The number of nitrogens with one attached hydrogen (secondary N) is 3. The molecule has 3 amide bonds. The first-order valence-corrected chi connectivity index (χ1v) is 13.7. The van der Waals surface area contributed by atoms with Crippen LogP contribution in [0.5, 0.6) is 0 Å². The second-order valence-electron chi connectivity index (χ2n) is 10.7. The van der Waals surface area contributed by atoms with Crippen molar-refractivity contribution in [1.29, 1.82) is 0 Å². The van der Waals surface area contributed by atoms with Crippen molar-refractivity contribution < 1.29 is 14.4 Å². The molecular weight excluding hydrogens is 480 g/mol. The molecule has 0 unspecified atom stereocenters. The number of anilines is 2. The van der Waals surface area contributed by atoms with E-state index in [1.165, 1.54) is 19.3 Å². The summed E-state index contributed by atoms with van der Waals surface area (Å²) in [7, 11) is 2.07. The predicted octanol–water partition coefficient (Wildman–Crippen LogP) is 3.33. The topological polar surface area (TPSA) is 101 Å². The number of hydrogen-bond donors (Lipinski definition) is 3. The number of piperidine rings is 1. The standard InChI is InChI=1S/C29H38N6O3/c1-19-25(30-20(2)27(19)29(38)35-15-13-33(3)14-16-35)18-23-22-17-21(7-8-24(22)32-28(23)37)31-26(36)9-12-34-10-5-4-6-11-34/h7-8,17-18,30H,4-6,9-16H2,1-3H3,(H,31,36)(H,32,37). The summed E-state index contributed by atoms with van der Waals surface area (Å²) in [6.07, 6.45) is 5.94. The van der Waals surface area contributed by atoms with Crippen molar-refractivity contribution in [1.82, 2.24) is 19.7 Å². The van der Waals surface area contributed by atoms with Crippen LogP contribution in [0.15, 0.2) is 18.2 Å². The SMILES string of the molecule is Cc1[nH]c(C=C2C(=O)Nc3ccc(NC(=O)CCN4CCCCC4)cc32)c(C)c1C(=O)N1CCN(C)CC1. The molecule has 2 saturated heterocycles. The molecule has 0 spiro atoms. The maximum atomic E-state index is 13.3. The molecule has 2 aromatic rings. The smallest absolute Gasteiger partial charge is 0.256 e. The van der Waals surface area contributed by atoms with Gasteiger partial charge in [0.25, 0.3) is 11.8 Å². The van der Waals surface area contributed by atoms with E-state index in [1.54, 1.807) is 0 Å². The minimum atomic E-state index is -0.202. The Morgan fingerprint density at radius 2 is 1.76 bits per heavy atom. The second-order valence-corrected chi connectivity index (χ2v) is 10.7. The van der Waals surface area contributed by atoms with Gasteiger partial charge in [-0.15, -0.1) is 0 Å². The van der Waals surface area contributed by atoms with Gasteiger partial charge in [-0.1, -0.05) is 6.42 Å². The number of carbonyl (C=O) groups is 3. The van der Waals surface area contributed by atoms with E-state index >= 15 is 0 Å². The molecule has 202 valence electrons. The normalized spacial score (nSPS) is 19.5. The Balaban J connectivity index is 1.32. The first-order chi connectivity index (χ1) is 18.3. The van der Waals surface area contributed by atoms with Gasteiger partial charge in [0.1, 0.15) is 0 Å². The fourth-order valence-electron chi connectivity index (χ4n) is 5.63. The van der Waals surface area contributed by atoms with Crippen LogP contribution in [0.3, 0.4) is 0 Å². The van der Waals surface area contributed by atoms with Gasteiger partial charge in [0.2, 0.25) is 5.91 Å². The number of carbonyl (C=O) groups excluding carboxylic acids is 3. The van der Waals surface area contributed by atoms with E-state index < -0.39 is 0 Å². The van der Waals surface area contributed by atoms with Gasteiger partial charge in [0, 0.05) is 67.5 Å². The number of fused-ring (bicyclic) bond motifs is 1. The molecule has 0 radical (unpaired) electrons. The van der Waals surface area contributed by atoms with E-state index in [9.17, 15) is 14.4 Å². The van der Waals surface area contributed by atoms with Gasteiger partial charge in [-0.25, -0.2) is 0 Å². The molecule has 0 aliphatic carbocycles. The number of hydrogen-bond acceptors (Lipinski definition) is 5. The number of benzene rings is 1. The maximum absolute atomic E-state index is 13.3. The Morgan fingerprint density at radius 1 is 1.03 bits per heavy atom. The monoisotopic (exact) mass is 518 g/mol. The van der Waals surface area contributed by atoms with Gasteiger partial charge < -0.3 is 30.3 Å². The van der Waals surface area contributed by atoms with Crippen LogP contribution in [0.1, 0.15) is 58.6 Å². The van der Waals surface area contributed by atoms with Gasteiger partial charge in [-0.2, -0.15) is 0 Å². The maximum Gasteiger partial charge on any atom is 0.256 e. The fraction of sp³-hybridized carbons (Fsp3) is 0.483. The lowest BCUT2D eigenvalue weighted by Crippen LogP contribution is -2.47. The summed E-state index contributed by atoms with van der Waals surface area (Å²) in [4.78, 5) is 48.6. The van der Waals surface area contributed by atoms with Crippen molar-refractivity contribution in [3.8, 4) is 0 Å². The molecule has 9 nitrogen and oxygen atoms in total. The summed E-state index contributed by atoms with van der Waals surface area (Å²) in [5.74, 6) is -0.201. The summed E-state index contributed by atoms with van der Waals surface area (Å²) < 4.78 is 0. The lowest BCUT2D eigenvalue weighted by molar-refractivity contribution is -0.116. The van der Waals surface area contributed by atoms with E-state index in [2.05, 4.69) is 32.5 Å². The van der Waals surface area contributed by atoms with Crippen LogP contribution < -0.4 is 10.6 Å². The molecular formula is C29H38N6O3. The minimum absolute atomic E-state index is 0.0266. The van der Waals surface area contributed by atoms with E-state index in [0.717, 1.165) is 55.2 Å². The van der Waals surface area contributed by atoms with E-state index in [0.29, 0.717) is 42.0 Å². The quantitative estimate of drug-likeness (QED) is 0.510. The molecule has 0 saturated carbocycles. The van der Waals surface area contributed by atoms with Crippen LogP contribution in [0, 0.1) is 13.8 Å². The van der Waals surface area contributed by atoms with E-state index in [4.69, 9.17) is 0 Å². The third-order valence-corrected chi connectivity index (χ3v) is 7.96. The first kappa shape index (κ1) is 26.2. The zero-order valence-electron chi connectivity index (χ0n) is 22.7. The molecule has 1 aromatic heterocycles. The average molecular weight is 519 g/mol. The minimum Gasteiger partial charge on any atom is -0.358 e. The number of likely N-dealkylation sites (tertiary alicyclic amines) is 1. The van der Waals surface area contributed by atoms with E-state index in [-0.39, 0.29) is 17.7 Å². The molecule has 0 bridgehead atoms. The van der Waals surface area contributed by atoms with Crippen molar-refractivity contribution >= 4 is 40.7 Å². The Hall–Kier alpha value is -3.43. The summed E-state index contributed by atoms with van der Waals surface area (Å²) in [6, 6.07) is 5.49. The predicted molar refractivity (Wildman–Crippen MR) is 150 cm³/mol. The number of likely N-dealkylation sites (N-methyl/N-ethyl adjacent to an activating group) is 1. The molecule has 3 N–H and O–H groups in total. The van der Waals surface area contributed by atoms with Crippen LogP contribution in [0.2, 0.25) is 0 Å². The highest BCUT2D eigenvalue weighted by atomic mass is 16.2. The molecule has 0 atom stereocenters. The van der Waals surface area contributed by atoms with Gasteiger partial charge in [-0.3, -0.25) is 14.4 Å². The Morgan fingerprint density at radius 3 is 2.50 bits per heavy atom. The Bertz CT molecular complexity index is 1270. The van der Waals surface area contributed by atoms with Crippen LogP contribution >= 0.6 is 0 Å². The van der Waals surface area contributed by atoms with Crippen LogP contribution in [0.25, 0.3) is 11.6 Å². The number of piperazine rings is 1. The Labute approximate surface area is 224 Å². The van der Waals surface area contributed by atoms with Crippen LogP contribution in [-0.4, -0.2) is 90.3 Å². The number of nitrogens with zero attached hydrogens (tertiary/aromatic N) is 3. The number of H-pyrrole nitrogens is 1. The molecule has 4 heterocycles. The van der Waals surface area contributed by atoms with Gasteiger partial charge >= 0.3 is 0 Å². The number of amides is 3. The van der Waals surface area contributed by atoms with Crippen molar-refractivity contribution in [3.05, 3.63) is 46.3 Å². The molecule has 3 aliphatic heterocycles. The van der Waals surface area contributed by atoms with Crippen molar-refractivity contribution in [2.75, 3.05) is 63.5 Å². The molecule has 1 aromatic carbocycles. The highest BCUT2D eigenvalue weighted by Crippen LogP contribution is 2.36. The summed E-state index contributed by atoms with van der Waals surface area (Å²) >= 11 is 0. The third kappa shape index (κ3) is 5.54. The lowest BCUT2D eigenvalue weighted by Gasteiger charge is -2.32. The number of aryl methyl sites for hydroxylation is 1. The fourth-order valence-corrected chi connectivity index (χ4v) is 5.63. The molecule has 3 aliphatic rings. The van der Waals surface area contributed by atoms with Crippen molar-refractivity contribution in [2.24, 2.45) is 0 Å². The molecule has 2 fully saturated rings. The molecule has 9 heteroatoms. The summed E-state index contributed by atoms with van der Waals surface area (Å²) in [5, 5.41) is 5.91. The highest BCUT2D eigenvalue weighted by molar-refractivity contribution is 6.35.